The van der Waals surface area contributed by atoms with E-state index in [0.717, 1.165) is 45.1 Å². The summed E-state index contributed by atoms with van der Waals surface area (Å²) < 4.78 is 0. The van der Waals surface area contributed by atoms with Gasteiger partial charge >= 0.3 is 0 Å². The molecule has 0 bridgehead atoms. The van der Waals surface area contributed by atoms with Gasteiger partial charge in [0.1, 0.15) is 0 Å². The average molecular weight is 240 g/mol. The van der Waals surface area contributed by atoms with Crippen LogP contribution in [0.2, 0.25) is 0 Å². The Morgan fingerprint density at radius 1 is 1.35 bits per heavy atom. The van der Waals surface area contributed by atoms with Crippen molar-refractivity contribution in [3.8, 4) is 0 Å². The van der Waals surface area contributed by atoms with Crippen molar-refractivity contribution in [2.24, 2.45) is 5.73 Å². The van der Waals surface area contributed by atoms with Crippen molar-refractivity contribution in [2.75, 3.05) is 6.54 Å². The van der Waals surface area contributed by atoms with Crippen molar-refractivity contribution in [1.29, 1.82) is 0 Å². The molecule has 0 aromatic carbocycles. The zero-order valence-electron chi connectivity index (χ0n) is 11.5. The Morgan fingerprint density at radius 2 is 2.12 bits per heavy atom. The van der Waals surface area contributed by atoms with Crippen LogP contribution < -0.4 is 5.73 Å². The standard InChI is InChI=1S/C14H28N2O/c1-3-5-10-13(15)14(17)16-11-8-6-7-9-12(16)4-2/h12-13H,3-11,15H2,1-2H3/t12?,13-/m0/s1. The molecule has 0 spiro atoms. The molecular weight excluding hydrogens is 212 g/mol. The van der Waals surface area contributed by atoms with Gasteiger partial charge in [0.05, 0.1) is 6.04 Å². The first kappa shape index (κ1) is 14.5. The third-order valence-corrected chi connectivity index (χ3v) is 3.82. The summed E-state index contributed by atoms with van der Waals surface area (Å²) in [4.78, 5) is 14.4. The molecule has 1 aliphatic heterocycles. The van der Waals surface area contributed by atoms with Crippen molar-refractivity contribution < 1.29 is 4.79 Å². The lowest BCUT2D eigenvalue weighted by Crippen LogP contribution is -2.48. The summed E-state index contributed by atoms with van der Waals surface area (Å²) in [6.07, 6.45) is 8.87. The highest BCUT2D eigenvalue weighted by Gasteiger charge is 2.27. The number of likely N-dealkylation sites (tertiary alicyclic amines) is 1. The molecule has 1 saturated heterocycles. The number of nitrogens with zero attached hydrogens (tertiary/aromatic N) is 1. The van der Waals surface area contributed by atoms with Gasteiger partial charge in [-0.15, -0.1) is 0 Å². The van der Waals surface area contributed by atoms with Gasteiger partial charge in [0, 0.05) is 12.6 Å². The largest absolute Gasteiger partial charge is 0.338 e. The SMILES string of the molecule is CCCC[C@H](N)C(=O)N1CCCCCC1CC. The van der Waals surface area contributed by atoms with Crippen molar-refractivity contribution in [2.45, 2.75) is 77.3 Å². The molecule has 1 heterocycles. The fourth-order valence-electron chi connectivity index (χ4n) is 2.65. The predicted molar refractivity (Wildman–Crippen MR) is 71.8 cm³/mol. The fraction of sp³-hybridized carbons (Fsp3) is 0.929. The molecule has 17 heavy (non-hydrogen) atoms. The van der Waals surface area contributed by atoms with Crippen LogP contribution in [0.1, 0.15) is 65.2 Å². The Labute approximate surface area is 106 Å². The Morgan fingerprint density at radius 3 is 2.76 bits per heavy atom. The van der Waals surface area contributed by atoms with Crippen molar-refractivity contribution in [3.63, 3.8) is 0 Å². The smallest absolute Gasteiger partial charge is 0.239 e. The number of carbonyl (C=O) groups is 1. The average Bonchev–Trinajstić information content (AvgIpc) is 2.59. The predicted octanol–water partition coefficient (Wildman–Crippen LogP) is 2.69. The molecule has 1 unspecified atom stereocenters. The van der Waals surface area contributed by atoms with Gasteiger partial charge in [0.2, 0.25) is 5.91 Å². The number of amides is 1. The maximum Gasteiger partial charge on any atom is 0.239 e. The highest BCUT2D eigenvalue weighted by atomic mass is 16.2. The topological polar surface area (TPSA) is 46.3 Å². The van der Waals surface area contributed by atoms with E-state index >= 15 is 0 Å². The molecule has 2 N–H and O–H groups in total. The third kappa shape index (κ3) is 4.30. The lowest BCUT2D eigenvalue weighted by molar-refractivity contribution is -0.135. The highest BCUT2D eigenvalue weighted by molar-refractivity contribution is 5.81. The van der Waals surface area contributed by atoms with E-state index in [1.165, 1.54) is 12.8 Å². The van der Waals surface area contributed by atoms with Crippen molar-refractivity contribution in [1.82, 2.24) is 4.90 Å². The van der Waals surface area contributed by atoms with Crippen LogP contribution in [0.25, 0.3) is 0 Å². The molecule has 3 heteroatoms. The van der Waals surface area contributed by atoms with E-state index in [1.54, 1.807) is 0 Å². The summed E-state index contributed by atoms with van der Waals surface area (Å²) in [5.74, 6) is 0.187. The van der Waals surface area contributed by atoms with Gasteiger partial charge in [-0.1, -0.05) is 39.5 Å². The maximum absolute atomic E-state index is 12.3. The minimum atomic E-state index is -0.276. The molecule has 1 fully saturated rings. The molecule has 3 nitrogen and oxygen atoms in total. The van der Waals surface area contributed by atoms with E-state index in [0.29, 0.717) is 6.04 Å². The summed E-state index contributed by atoms with van der Waals surface area (Å²) in [6, 6.07) is 0.153. The van der Waals surface area contributed by atoms with Crippen LogP contribution in [0.3, 0.4) is 0 Å². The second kappa shape index (κ2) is 7.70. The fourth-order valence-corrected chi connectivity index (χ4v) is 2.65. The molecule has 0 aromatic heterocycles. The van der Waals surface area contributed by atoms with E-state index in [1.807, 2.05) is 0 Å². The van der Waals surface area contributed by atoms with Crippen LogP contribution in [0.5, 0.6) is 0 Å². The number of rotatable bonds is 5. The Kier molecular flexibility index (Phi) is 6.56. The molecular formula is C14H28N2O. The van der Waals surface area contributed by atoms with Gasteiger partial charge in [0.25, 0.3) is 0 Å². The van der Waals surface area contributed by atoms with Crippen molar-refractivity contribution in [3.05, 3.63) is 0 Å². The van der Waals surface area contributed by atoms with Gasteiger partial charge in [-0.05, 0) is 25.7 Å². The van der Waals surface area contributed by atoms with Crippen LogP contribution in [-0.4, -0.2) is 29.4 Å². The van der Waals surface area contributed by atoms with Crippen LogP contribution >= 0.6 is 0 Å². The van der Waals surface area contributed by atoms with E-state index in [-0.39, 0.29) is 11.9 Å². The van der Waals surface area contributed by atoms with Crippen LogP contribution in [-0.2, 0) is 4.79 Å². The molecule has 1 amide bonds. The second-order valence-corrected chi connectivity index (χ2v) is 5.19. The van der Waals surface area contributed by atoms with E-state index in [9.17, 15) is 4.79 Å². The molecule has 0 saturated carbocycles. The quantitative estimate of drug-likeness (QED) is 0.803. The van der Waals surface area contributed by atoms with E-state index in [4.69, 9.17) is 5.73 Å². The van der Waals surface area contributed by atoms with Gasteiger partial charge < -0.3 is 10.6 Å². The maximum atomic E-state index is 12.3. The highest BCUT2D eigenvalue weighted by Crippen LogP contribution is 2.20. The summed E-state index contributed by atoms with van der Waals surface area (Å²) in [5, 5.41) is 0. The molecule has 0 radical (unpaired) electrons. The number of hydrogen-bond donors (Lipinski definition) is 1. The number of unbranched alkanes of at least 4 members (excludes halogenated alkanes) is 1. The lowest BCUT2D eigenvalue weighted by atomic mass is 10.0. The zero-order chi connectivity index (χ0) is 12.7. The Bertz CT molecular complexity index is 230. The number of nitrogens with two attached hydrogens (primary N) is 1. The summed E-state index contributed by atoms with van der Waals surface area (Å²) in [5.41, 5.74) is 6.01. The first-order valence-electron chi connectivity index (χ1n) is 7.26. The Balaban J connectivity index is 2.56. The van der Waals surface area contributed by atoms with Crippen LogP contribution in [0, 0.1) is 0 Å². The normalized spacial score (nSPS) is 23.2. The van der Waals surface area contributed by atoms with Gasteiger partial charge in [-0.2, -0.15) is 0 Å². The summed E-state index contributed by atoms with van der Waals surface area (Å²) >= 11 is 0. The van der Waals surface area contributed by atoms with Crippen LogP contribution in [0.4, 0.5) is 0 Å². The second-order valence-electron chi connectivity index (χ2n) is 5.19. The van der Waals surface area contributed by atoms with Crippen LogP contribution in [0.15, 0.2) is 0 Å². The summed E-state index contributed by atoms with van der Waals surface area (Å²) in [7, 11) is 0. The lowest BCUT2D eigenvalue weighted by Gasteiger charge is -2.31. The zero-order valence-corrected chi connectivity index (χ0v) is 11.5. The number of hydrogen-bond acceptors (Lipinski definition) is 2. The monoisotopic (exact) mass is 240 g/mol. The molecule has 1 rings (SSSR count). The molecule has 0 aliphatic carbocycles. The van der Waals surface area contributed by atoms with Gasteiger partial charge in [0.15, 0.2) is 0 Å². The third-order valence-electron chi connectivity index (χ3n) is 3.82. The summed E-state index contributed by atoms with van der Waals surface area (Å²) in [6.45, 7) is 5.23. The van der Waals surface area contributed by atoms with Gasteiger partial charge in [-0.25, -0.2) is 0 Å². The number of carbonyl (C=O) groups excluding carboxylic acids is 1. The van der Waals surface area contributed by atoms with E-state index < -0.39 is 0 Å². The van der Waals surface area contributed by atoms with Gasteiger partial charge in [-0.3, -0.25) is 4.79 Å². The molecule has 2 atom stereocenters. The minimum Gasteiger partial charge on any atom is -0.338 e. The first-order valence-corrected chi connectivity index (χ1v) is 7.26. The first-order chi connectivity index (χ1) is 8.20. The molecule has 100 valence electrons. The van der Waals surface area contributed by atoms with E-state index in [2.05, 4.69) is 18.7 Å². The minimum absolute atomic E-state index is 0.187. The van der Waals surface area contributed by atoms with Crippen molar-refractivity contribution >= 4 is 5.91 Å². The molecule has 1 aliphatic rings. The Hall–Kier alpha value is -0.570. The molecule has 0 aromatic rings.